The number of carbonyl (C=O) groups is 1. The van der Waals surface area contributed by atoms with Gasteiger partial charge in [0.05, 0.1) is 17.8 Å². The molecule has 0 spiro atoms. The number of hydrogen-bond donors (Lipinski definition) is 2. The normalized spacial score (nSPS) is 22.6. The van der Waals surface area contributed by atoms with Gasteiger partial charge in [0.2, 0.25) is 0 Å². The predicted octanol–water partition coefficient (Wildman–Crippen LogP) is 1.53. The van der Waals surface area contributed by atoms with Crippen LogP contribution in [-0.4, -0.2) is 51.9 Å². The molecule has 1 unspecified atom stereocenters. The van der Waals surface area contributed by atoms with E-state index in [0.29, 0.717) is 26.1 Å². The molecule has 0 aliphatic carbocycles. The van der Waals surface area contributed by atoms with Crippen LogP contribution < -0.4 is 5.32 Å². The van der Waals surface area contributed by atoms with E-state index in [1.165, 1.54) is 6.39 Å². The van der Waals surface area contributed by atoms with Gasteiger partial charge in [0, 0.05) is 19.6 Å². The molecule has 2 heterocycles. The first-order valence-corrected chi connectivity index (χ1v) is 7.56. The maximum atomic E-state index is 12.1. The average molecular weight is 311 g/mol. The van der Waals surface area contributed by atoms with Gasteiger partial charge in [0.15, 0.2) is 6.39 Å². The van der Waals surface area contributed by atoms with Crippen LogP contribution in [0.4, 0.5) is 4.79 Å². The lowest BCUT2D eigenvalue weighted by Gasteiger charge is -2.39. The molecule has 1 aromatic heterocycles. The highest BCUT2D eigenvalue weighted by atomic mass is 16.6. The lowest BCUT2D eigenvalue weighted by Crippen LogP contribution is -2.55. The Morgan fingerprint density at radius 3 is 3.00 bits per heavy atom. The van der Waals surface area contributed by atoms with Crippen molar-refractivity contribution in [3.8, 4) is 0 Å². The van der Waals surface area contributed by atoms with Crippen molar-refractivity contribution < 1.29 is 19.1 Å². The quantitative estimate of drug-likeness (QED) is 0.876. The number of β-amino-alcohol motifs (C(OH)–C–C–N with tert-alkyl or cyclic N) is 1. The van der Waals surface area contributed by atoms with E-state index in [0.717, 1.165) is 12.1 Å². The minimum Gasteiger partial charge on any atom is -0.451 e. The van der Waals surface area contributed by atoms with E-state index in [1.807, 2.05) is 20.8 Å². The average Bonchev–Trinajstić information content (AvgIpc) is 2.90. The molecule has 1 aromatic rings. The molecule has 0 saturated carbocycles. The van der Waals surface area contributed by atoms with Crippen LogP contribution in [0.3, 0.4) is 0 Å². The largest absolute Gasteiger partial charge is 0.451 e. The highest BCUT2D eigenvalue weighted by Crippen LogP contribution is 2.22. The van der Waals surface area contributed by atoms with Crippen LogP contribution in [0.25, 0.3) is 0 Å². The van der Waals surface area contributed by atoms with Crippen molar-refractivity contribution in [1.82, 2.24) is 15.2 Å². The first kappa shape index (κ1) is 16.8. The maximum Gasteiger partial charge on any atom is 0.410 e. The Morgan fingerprint density at radius 2 is 2.36 bits per heavy atom. The van der Waals surface area contributed by atoms with Gasteiger partial charge in [0.1, 0.15) is 11.9 Å². The highest BCUT2D eigenvalue weighted by molar-refractivity contribution is 5.68. The van der Waals surface area contributed by atoms with E-state index in [2.05, 4.69) is 10.3 Å². The first-order valence-electron chi connectivity index (χ1n) is 7.56. The number of likely N-dealkylation sites (tertiary alicyclic amines) is 1. The van der Waals surface area contributed by atoms with Gasteiger partial charge in [-0.1, -0.05) is 0 Å². The van der Waals surface area contributed by atoms with Crippen molar-refractivity contribution in [1.29, 1.82) is 0 Å². The monoisotopic (exact) mass is 311 g/mol. The third-order valence-corrected chi connectivity index (χ3v) is 3.45. The predicted molar refractivity (Wildman–Crippen MR) is 80.2 cm³/mol. The summed E-state index contributed by atoms with van der Waals surface area (Å²) in [6, 6.07) is 0. The zero-order valence-electron chi connectivity index (χ0n) is 13.5. The number of amides is 1. The zero-order chi connectivity index (χ0) is 16.2. The summed E-state index contributed by atoms with van der Waals surface area (Å²) in [5.41, 5.74) is -0.695. The number of piperidine rings is 1. The van der Waals surface area contributed by atoms with Crippen LogP contribution in [0.2, 0.25) is 0 Å². The van der Waals surface area contributed by atoms with Crippen molar-refractivity contribution >= 4 is 6.09 Å². The summed E-state index contributed by atoms with van der Waals surface area (Å²) in [4.78, 5) is 17.7. The molecule has 1 atom stereocenters. The van der Waals surface area contributed by atoms with Crippen LogP contribution in [-0.2, 0) is 11.3 Å². The number of aliphatic hydroxyl groups is 1. The van der Waals surface area contributed by atoms with Crippen LogP contribution in [0, 0.1) is 0 Å². The molecule has 2 rings (SSSR count). The van der Waals surface area contributed by atoms with Crippen LogP contribution >= 0.6 is 0 Å². The van der Waals surface area contributed by atoms with Crippen molar-refractivity contribution in [2.75, 3.05) is 19.6 Å². The number of nitrogens with zero attached hydrogens (tertiary/aromatic N) is 2. The van der Waals surface area contributed by atoms with Gasteiger partial charge < -0.3 is 24.5 Å². The van der Waals surface area contributed by atoms with Crippen molar-refractivity contribution in [2.45, 2.75) is 51.4 Å². The van der Waals surface area contributed by atoms with Crippen LogP contribution in [0.1, 0.15) is 39.3 Å². The van der Waals surface area contributed by atoms with E-state index in [1.54, 1.807) is 11.2 Å². The van der Waals surface area contributed by atoms with Crippen molar-refractivity contribution in [3.05, 3.63) is 18.4 Å². The summed E-state index contributed by atoms with van der Waals surface area (Å²) >= 11 is 0. The van der Waals surface area contributed by atoms with E-state index in [9.17, 15) is 9.90 Å². The molecule has 7 nitrogen and oxygen atoms in total. The summed E-state index contributed by atoms with van der Waals surface area (Å²) in [6.07, 6.45) is 3.96. The number of rotatable bonds is 4. The number of nitrogens with one attached hydrogen (secondary N) is 1. The van der Waals surface area contributed by atoms with E-state index in [4.69, 9.17) is 9.15 Å². The number of ether oxygens (including phenoxy) is 1. The molecular formula is C15H25N3O4. The Hall–Kier alpha value is -1.60. The number of carbonyl (C=O) groups excluding carboxylic acids is 1. The van der Waals surface area contributed by atoms with Crippen molar-refractivity contribution in [2.24, 2.45) is 0 Å². The fraction of sp³-hybridized carbons (Fsp3) is 0.733. The smallest absolute Gasteiger partial charge is 0.410 e. The summed E-state index contributed by atoms with van der Waals surface area (Å²) in [7, 11) is 0. The molecule has 1 fully saturated rings. The van der Waals surface area contributed by atoms with Crippen LogP contribution in [0.5, 0.6) is 0 Å². The van der Waals surface area contributed by atoms with Crippen molar-refractivity contribution in [3.63, 3.8) is 0 Å². The molecule has 0 radical (unpaired) electrons. The summed E-state index contributed by atoms with van der Waals surface area (Å²) in [5, 5.41) is 13.8. The Morgan fingerprint density at radius 1 is 1.59 bits per heavy atom. The summed E-state index contributed by atoms with van der Waals surface area (Å²) < 4.78 is 10.3. The molecule has 22 heavy (non-hydrogen) atoms. The Labute approximate surface area is 130 Å². The molecular weight excluding hydrogens is 286 g/mol. The lowest BCUT2D eigenvalue weighted by molar-refractivity contribution is -0.0419. The molecule has 0 aromatic carbocycles. The number of oxazole rings is 1. The molecule has 1 aliphatic heterocycles. The van der Waals surface area contributed by atoms with E-state index >= 15 is 0 Å². The first-order chi connectivity index (χ1) is 10.3. The maximum absolute atomic E-state index is 12.1. The minimum absolute atomic E-state index is 0.272. The standard InChI is InChI=1S/C15H25N3O4/c1-14(2,3)22-13(19)18-6-4-5-15(20,10-18)9-16-7-12-8-21-11-17-12/h8,11,16,20H,4-7,9-10H2,1-3H3. The molecule has 0 bridgehead atoms. The van der Waals surface area contributed by atoms with E-state index < -0.39 is 11.2 Å². The highest BCUT2D eigenvalue weighted by Gasteiger charge is 2.36. The molecule has 2 N–H and O–H groups in total. The second-order valence-corrected chi connectivity index (χ2v) is 6.81. The minimum atomic E-state index is -0.946. The van der Waals surface area contributed by atoms with Crippen LogP contribution in [0.15, 0.2) is 17.1 Å². The molecule has 7 heteroatoms. The molecule has 1 amide bonds. The molecule has 124 valence electrons. The number of aromatic nitrogens is 1. The summed E-state index contributed by atoms with van der Waals surface area (Å²) in [5.74, 6) is 0. The third kappa shape index (κ3) is 4.99. The second kappa shape index (κ2) is 6.66. The second-order valence-electron chi connectivity index (χ2n) is 6.81. The molecule has 1 saturated heterocycles. The van der Waals surface area contributed by atoms with Gasteiger partial charge in [-0.05, 0) is 33.6 Å². The number of hydrogen-bond acceptors (Lipinski definition) is 6. The van der Waals surface area contributed by atoms with Gasteiger partial charge in [0.25, 0.3) is 0 Å². The fourth-order valence-electron chi connectivity index (χ4n) is 2.49. The Kier molecular flexibility index (Phi) is 5.08. The summed E-state index contributed by atoms with van der Waals surface area (Å²) in [6.45, 7) is 7.29. The zero-order valence-corrected chi connectivity index (χ0v) is 13.5. The van der Waals surface area contributed by atoms with Gasteiger partial charge in [-0.2, -0.15) is 0 Å². The third-order valence-electron chi connectivity index (χ3n) is 3.45. The Bertz CT molecular complexity index is 483. The SMILES string of the molecule is CC(C)(C)OC(=O)N1CCCC(O)(CNCc2cocn2)C1. The van der Waals surface area contributed by atoms with Gasteiger partial charge in [-0.25, -0.2) is 9.78 Å². The van der Waals surface area contributed by atoms with E-state index in [-0.39, 0.29) is 12.6 Å². The van der Waals surface area contributed by atoms with Gasteiger partial charge >= 0.3 is 6.09 Å². The Balaban J connectivity index is 1.84. The van der Waals surface area contributed by atoms with Gasteiger partial charge in [-0.15, -0.1) is 0 Å². The molecule has 1 aliphatic rings. The lowest BCUT2D eigenvalue weighted by atomic mass is 9.93. The topological polar surface area (TPSA) is 87.8 Å². The van der Waals surface area contributed by atoms with Gasteiger partial charge in [-0.3, -0.25) is 0 Å². The fourth-order valence-corrected chi connectivity index (χ4v) is 2.49.